The molecular weight excluding hydrogens is 483 g/mol. The molecule has 0 aromatic carbocycles. The average Bonchev–Trinajstić information content (AvgIpc) is 3.11. The van der Waals surface area contributed by atoms with Gasteiger partial charge in [-0.05, 0) is 37.3 Å². The molecule has 0 radical (unpaired) electrons. The summed E-state index contributed by atoms with van der Waals surface area (Å²) in [7, 11) is 1.79. The molecule has 0 aliphatic carbocycles. The maximum Gasteiger partial charge on any atom is 0.191 e. The molecule has 2 N–H and O–H groups in total. The van der Waals surface area contributed by atoms with Crippen LogP contribution in [0.2, 0.25) is 0 Å². The Morgan fingerprint density at radius 3 is 2.61 bits per heavy atom. The smallest absolute Gasteiger partial charge is 0.191 e. The Balaban J connectivity index is 0.00000280. The summed E-state index contributed by atoms with van der Waals surface area (Å²) in [5.41, 5.74) is 1.16. The summed E-state index contributed by atoms with van der Waals surface area (Å²) < 4.78 is 0. The number of guanidine groups is 1. The van der Waals surface area contributed by atoms with Crippen molar-refractivity contribution in [3.05, 3.63) is 40.0 Å². The standard InChI is InChI=1S/C20H30N6S.HI/c1-15-7-10-26(11-8-15)18-5-4-17(13-23-18)14-25-20(21-3)22-9-6-19-24-12-16(2)27-19;/h4-5,12-13,15H,6-11,14H2,1-3H3,(H2,21,22,25);1H. The molecule has 1 fully saturated rings. The second-order valence-electron chi connectivity index (χ2n) is 7.16. The van der Waals surface area contributed by atoms with Crippen molar-refractivity contribution in [3.63, 3.8) is 0 Å². The van der Waals surface area contributed by atoms with Gasteiger partial charge in [-0.3, -0.25) is 4.99 Å². The molecule has 2 aromatic rings. The van der Waals surface area contributed by atoms with E-state index in [0.717, 1.165) is 54.3 Å². The van der Waals surface area contributed by atoms with E-state index in [1.54, 1.807) is 18.4 Å². The molecule has 3 rings (SSSR count). The summed E-state index contributed by atoms with van der Waals surface area (Å²) in [5.74, 6) is 2.73. The molecule has 6 nitrogen and oxygen atoms in total. The number of nitrogens with zero attached hydrogens (tertiary/aromatic N) is 4. The van der Waals surface area contributed by atoms with E-state index in [0.29, 0.717) is 6.54 Å². The molecule has 0 atom stereocenters. The summed E-state index contributed by atoms with van der Waals surface area (Å²) in [4.78, 5) is 17.0. The topological polar surface area (TPSA) is 65.4 Å². The van der Waals surface area contributed by atoms with Gasteiger partial charge in [0, 0.05) is 56.9 Å². The monoisotopic (exact) mass is 514 g/mol. The van der Waals surface area contributed by atoms with E-state index in [1.807, 2.05) is 12.4 Å². The number of hydrogen-bond acceptors (Lipinski definition) is 5. The van der Waals surface area contributed by atoms with Gasteiger partial charge >= 0.3 is 0 Å². The normalized spacial score (nSPS) is 15.2. The number of piperidine rings is 1. The molecule has 154 valence electrons. The third-order valence-electron chi connectivity index (χ3n) is 4.90. The molecule has 28 heavy (non-hydrogen) atoms. The van der Waals surface area contributed by atoms with Gasteiger partial charge in [0.05, 0.1) is 5.01 Å². The Bertz CT molecular complexity index is 737. The van der Waals surface area contributed by atoms with Crippen LogP contribution in [-0.2, 0) is 13.0 Å². The zero-order chi connectivity index (χ0) is 19.1. The first-order valence-electron chi connectivity index (χ1n) is 9.69. The third kappa shape index (κ3) is 6.88. The highest BCUT2D eigenvalue weighted by atomic mass is 127. The molecule has 3 heterocycles. The van der Waals surface area contributed by atoms with E-state index < -0.39 is 0 Å². The van der Waals surface area contributed by atoms with Crippen molar-refractivity contribution < 1.29 is 0 Å². The van der Waals surface area contributed by atoms with Crippen LogP contribution < -0.4 is 15.5 Å². The summed E-state index contributed by atoms with van der Waals surface area (Å²) in [6.45, 7) is 8.16. The van der Waals surface area contributed by atoms with Crippen LogP contribution in [0.15, 0.2) is 29.5 Å². The van der Waals surface area contributed by atoms with Crippen LogP contribution in [0.1, 0.15) is 35.2 Å². The van der Waals surface area contributed by atoms with E-state index >= 15 is 0 Å². The van der Waals surface area contributed by atoms with Crippen molar-refractivity contribution in [2.24, 2.45) is 10.9 Å². The highest BCUT2D eigenvalue weighted by molar-refractivity contribution is 14.0. The fraction of sp³-hybridized carbons (Fsp3) is 0.550. The van der Waals surface area contributed by atoms with Gasteiger partial charge in [-0.1, -0.05) is 13.0 Å². The molecule has 0 saturated carbocycles. The van der Waals surface area contributed by atoms with Gasteiger partial charge in [0.25, 0.3) is 0 Å². The maximum absolute atomic E-state index is 4.65. The molecule has 0 bridgehead atoms. The number of anilines is 1. The van der Waals surface area contributed by atoms with Gasteiger partial charge in [-0.2, -0.15) is 0 Å². The molecule has 2 aromatic heterocycles. The van der Waals surface area contributed by atoms with Crippen molar-refractivity contribution in [1.82, 2.24) is 20.6 Å². The van der Waals surface area contributed by atoms with Crippen molar-refractivity contribution in [2.75, 3.05) is 31.6 Å². The Kier molecular flexibility index (Phi) is 9.43. The fourth-order valence-corrected chi connectivity index (χ4v) is 3.94. The third-order valence-corrected chi connectivity index (χ3v) is 5.87. The first kappa shape index (κ1) is 22.9. The predicted molar refractivity (Wildman–Crippen MR) is 129 cm³/mol. The summed E-state index contributed by atoms with van der Waals surface area (Å²) >= 11 is 1.75. The van der Waals surface area contributed by atoms with Gasteiger partial charge in [0.2, 0.25) is 0 Å². The van der Waals surface area contributed by atoms with Gasteiger partial charge in [0.1, 0.15) is 5.82 Å². The number of hydrogen-bond donors (Lipinski definition) is 2. The molecule has 0 amide bonds. The van der Waals surface area contributed by atoms with Crippen LogP contribution in [0.5, 0.6) is 0 Å². The lowest BCUT2D eigenvalue weighted by Crippen LogP contribution is -2.38. The highest BCUT2D eigenvalue weighted by Crippen LogP contribution is 2.21. The van der Waals surface area contributed by atoms with Crippen LogP contribution in [0, 0.1) is 12.8 Å². The molecule has 0 spiro atoms. The molecular formula is C20H31IN6S. The van der Waals surface area contributed by atoms with Crippen LogP contribution in [0.3, 0.4) is 0 Å². The van der Waals surface area contributed by atoms with Crippen molar-refractivity contribution in [3.8, 4) is 0 Å². The Morgan fingerprint density at radius 2 is 2.00 bits per heavy atom. The van der Waals surface area contributed by atoms with E-state index in [9.17, 15) is 0 Å². The Morgan fingerprint density at radius 1 is 1.21 bits per heavy atom. The van der Waals surface area contributed by atoms with E-state index in [1.165, 1.54) is 17.7 Å². The number of aryl methyl sites for hydroxylation is 1. The minimum Gasteiger partial charge on any atom is -0.357 e. The summed E-state index contributed by atoms with van der Waals surface area (Å²) in [6, 6.07) is 4.28. The van der Waals surface area contributed by atoms with Crippen LogP contribution in [0.25, 0.3) is 0 Å². The minimum absolute atomic E-state index is 0. The molecule has 1 saturated heterocycles. The van der Waals surface area contributed by atoms with Crippen molar-refractivity contribution in [1.29, 1.82) is 0 Å². The minimum atomic E-state index is 0. The second kappa shape index (κ2) is 11.5. The quantitative estimate of drug-likeness (QED) is 0.351. The molecule has 1 aliphatic rings. The van der Waals surface area contributed by atoms with E-state index in [2.05, 4.69) is 56.5 Å². The molecule has 0 unspecified atom stereocenters. The number of rotatable bonds is 6. The lowest BCUT2D eigenvalue weighted by Gasteiger charge is -2.31. The first-order valence-corrected chi connectivity index (χ1v) is 10.5. The zero-order valence-electron chi connectivity index (χ0n) is 16.9. The van der Waals surface area contributed by atoms with Crippen LogP contribution in [-0.4, -0.2) is 42.6 Å². The van der Waals surface area contributed by atoms with Gasteiger partial charge in [-0.15, -0.1) is 35.3 Å². The highest BCUT2D eigenvalue weighted by Gasteiger charge is 2.16. The number of pyridine rings is 1. The van der Waals surface area contributed by atoms with Crippen LogP contribution >= 0.6 is 35.3 Å². The fourth-order valence-electron chi connectivity index (χ4n) is 3.16. The second-order valence-corrected chi connectivity index (χ2v) is 8.48. The summed E-state index contributed by atoms with van der Waals surface area (Å²) in [6.07, 6.45) is 7.31. The Hall–Kier alpha value is -1.42. The maximum atomic E-state index is 4.65. The number of thiazole rings is 1. The Labute approximate surface area is 189 Å². The zero-order valence-corrected chi connectivity index (χ0v) is 20.1. The number of aromatic nitrogens is 2. The van der Waals surface area contributed by atoms with Gasteiger partial charge in [0.15, 0.2) is 5.96 Å². The van der Waals surface area contributed by atoms with Gasteiger partial charge in [-0.25, -0.2) is 9.97 Å². The predicted octanol–water partition coefficient (Wildman–Crippen LogP) is 3.61. The lowest BCUT2D eigenvalue weighted by atomic mass is 9.99. The van der Waals surface area contributed by atoms with E-state index in [-0.39, 0.29) is 24.0 Å². The molecule has 1 aliphatic heterocycles. The average molecular weight is 514 g/mol. The summed E-state index contributed by atoms with van der Waals surface area (Å²) in [5, 5.41) is 7.85. The number of aliphatic imine (C=N–C) groups is 1. The largest absolute Gasteiger partial charge is 0.357 e. The molecule has 8 heteroatoms. The van der Waals surface area contributed by atoms with E-state index in [4.69, 9.17) is 0 Å². The van der Waals surface area contributed by atoms with Crippen LogP contribution in [0.4, 0.5) is 5.82 Å². The van der Waals surface area contributed by atoms with Crippen molar-refractivity contribution in [2.45, 2.75) is 39.7 Å². The lowest BCUT2D eigenvalue weighted by molar-refractivity contribution is 0.436. The number of nitrogens with one attached hydrogen (secondary N) is 2. The first-order chi connectivity index (χ1) is 13.1. The van der Waals surface area contributed by atoms with Crippen molar-refractivity contribution >= 4 is 47.1 Å². The number of halogens is 1. The SMILES string of the molecule is CN=C(NCCc1ncc(C)s1)NCc1ccc(N2CCC(C)CC2)nc1.I. The van der Waals surface area contributed by atoms with Gasteiger partial charge < -0.3 is 15.5 Å².